The van der Waals surface area contributed by atoms with Crippen molar-refractivity contribution < 1.29 is 0 Å². The maximum Gasteiger partial charge on any atom is 0.0292 e. The van der Waals surface area contributed by atoms with Gasteiger partial charge in [0, 0.05) is 25.2 Å². The molecule has 0 amide bonds. The number of likely N-dealkylation sites (N-methyl/N-ethyl adjacent to an activating group) is 1. The molecule has 0 radical (unpaired) electrons. The molecule has 0 aromatic heterocycles. The van der Waals surface area contributed by atoms with Gasteiger partial charge in [-0.05, 0) is 44.4 Å². The predicted octanol–water partition coefficient (Wildman–Crippen LogP) is 3.97. The van der Waals surface area contributed by atoms with Crippen molar-refractivity contribution in [2.45, 2.75) is 59.0 Å². The van der Waals surface area contributed by atoms with Crippen molar-refractivity contribution in [3.63, 3.8) is 0 Å². The zero-order valence-electron chi connectivity index (χ0n) is 14.3. The largest absolute Gasteiger partial charge is 0.309 e. The quantitative estimate of drug-likeness (QED) is 0.845. The summed E-state index contributed by atoms with van der Waals surface area (Å²) < 4.78 is 0. The van der Waals surface area contributed by atoms with Crippen molar-refractivity contribution in [2.24, 2.45) is 0 Å². The topological polar surface area (TPSA) is 15.3 Å². The van der Waals surface area contributed by atoms with Gasteiger partial charge in [-0.15, -0.1) is 0 Å². The van der Waals surface area contributed by atoms with E-state index in [1.807, 2.05) is 0 Å². The fourth-order valence-electron chi connectivity index (χ4n) is 2.11. The molecule has 0 aliphatic rings. The highest BCUT2D eigenvalue weighted by Crippen LogP contribution is 2.23. The van der Waals surface area contributed by atoms with Gasteiger partial charge in [-0.3, -0.25) is 0 Å². The van der Waals surface area contributed by atoms with Gasteiger partial charge >= 0.3 is 0 Å². The van der Waals surface area contributed by atoms with E-state index < -0.39 is 0 Å². The third-order valence-electron chi connectivity index (χ3n) is 4.07. The summed E-state index contributed by atoms with van der Waals surface area (Å²) in [4.78, 5) is 2.36. The van der Waals surface area contributed by atoms with Gasteiger partial charge in [-0.1, -0.05) is 45.0 Å². The van der Waals surface area contributed by atoms with E-state index in [4.69, 9.17) is 0 Å². The normalized spacial score (nSPS) is 14.1. The van der Waals surface area contributed by atoms with Crippen molar-refractivity contribution in [1.82, 2.24) is 10.2 Å². The molecule has 1 N–H and O–H groups in total. The molecule has 0 spiro atoms. The number of hydrogen-bond acceptors (Lipinski definition) is 2. The highest BCUT2D eigenvalue weighted by Gasteiger charge is 2.14. The Morgan fingerprint density at radius 2 is 1.60 bits per heavy atom. The predicted molar refractivity (Wildman–Crippen MR) is 89.3 cm³/mol. The maximum atomic E-state index is 3.60. The Morgan fingerprint density at radius 1 is 1.05 bits per heavy atom. The van der Waals surface area contributed by atoms with Crippen LogP contribution in [-0.2, 0) is 5.41 Å². The Balaban J connectivity index is 2.50. The minimum atomic E-state index is 0.231. The minimum absolute atomic E-state index is 0.231. The van der Waals surface area contributed by atoms with Crippen LogP contribution in [0.15, 0.2) is 24.3 Å². The average Bonchev–Trinajstić information content (AvgIpc) is 2.37. The summed E-state index contributed by atoms with van der Waals surface area (Å²) in [7, 11) is 2.18. The molecule has 0 bridgehead atoms. The summed E-state index contributed by atoms with van der Waals surface area (Å²) >= 11 is 0. The first-order valence-corrected chi connectivity index (χ1v) is 7.76. The van der Waals surface area contributed by atoms with E-state index in [-0.39, 0.29) is 5.41 Å². The first kappa shape index (κ1) is 17.2. The van der Waals surface area contributed by atoms with Gasteiger partial charge in [0.2, 0.25) is 0 Å². The van der Waals surface area contributed by atoms with Crippen molar-refractivity contribution >= 4 is 0 Å². The zero-order chi connectivity index (χ0) is 15.3. The summed E-state index contributed by atoms with van der Waals surface area (Å²) in [5.41, 5.74) is 2.99. The molecule has 0 aliphatic carbocycles. The van der Waals surface area contributed by atoms with Crippen LogP contribution in [0.4, 0.5) is 0 Å². The second-order valence-electron chi connectivity index (χ2n) is 7.12. The van der Waals surface area contributed by atoms with Crippen molar-refractivity contribution in [3.05, 3.63) is 35.4 Å². The van der Waals surface area contributed by atoms with E-state index in [1.54, 1.807) is 0 Å². The molecule has 1 unspecified atom stereocenters. The highest BCUT2D eigenvalue weighted by molar-refractivity contribution is 5.28. The number of rotatable bonds is 6. The summed E-state index contributed by atoms with van der Waals surface area (Å²) in [6.07, 6.45) is 0. The Morgan fingerprint density at radius 3 is 2.05 bits per heavy atom. The molecule has 0 heterocycles. The van der Waals surface area contributed by atoms with E-state index in [0.717, 1.165) is 13.1 Å². The molecule has 114 valence electrons. The highest BCUT2D eigenvalue weighted by atomic mass is 15.1. The summed E-state index contributed by atoms with van der Waals surface area (Å²) in [5.74, 6) is 0. The molecule has 2 nitrogen and oxygen atoms in total. The Hall–Kier alpha value is -0.860. The number of benzene rings is 1. The lowest BCUT2D eigenvalue weighted by atomic mass is 9.86. The molecule has 1 aromatic rings. The summed E-state index contributed by atoms with van der Waals surface area (Å²) in [6, 6.07) is 10.0. The van der Waals surface area contributed by atoms with Crippen LogP contribution in [0.1, 0.15) is 58.7 Å². The first-order chi connectivity index (χ1) is 9.21. The van der Waals surface area contributed by atoms with Gasteiger partial charge in [0.15, 0.2) is 0 Å². The summed E-state index contributed by atoms with van der Waals surface area (Å²) in [5, 5.41) is 3.60. The summed E-state index contributed by atoms with van der Waals surface area (Å²) in [6.45, 7) is 15.6. The molecular formula is C18H32N2. The van der Waals surface area contributed by atoms with Gasteiger partial charge in [-0.2, -0.15) is 0 Å². The lowest BCUT2D eigenvalue weighted by Gasteiger charge is -2.23. The maximum absolute atomic E-state index is 3.60. The SMILES string of the molecule is CC(NCCN(C)C(C)C)c1ccc(C(C)(C)C)cc1. The molecule has 2 heteroatoms. The smallest absolute Gasteiger partial charge is 0.0292 e. The molecule has 1 rings (SSSR count). The van der Waals surface area contributed by atoms with Gasteiger partial charge in [0.1, 0.15) is 0 Å². The third-order valence-corrected chi connectivity index (χ3v) is 4.07. The average molecular weight is 276 g/mol. The van der Waals surface area contributed by atoms with Crippen molar-refractivity contribution in [3.8, 4) is 0 Å². The van der Waals surface area contributed by atoms with Gasteiger partial charge < -0.3 is 10.2 Å². The van der Waals surface area contributed by atoms with Crippen LogP contribution < -0.4 is 5.32 Å². The van der Waals surface area contributed by atoms with Crippen LogP contribution in [0.25, 0.3) is 0 Å². The van der Waals surface area contributed by atoms with Crippen LogP contribution in [0.3, 0.4) is 0 Å². The van der Waals surface area contributed by atoms with Crippen LogP contribution >= 0.6 is 0 Å². The molecule has 0 saturated heterocycles. The second-order valence-corrected chi connectivity index (χ2v) is 7.12. The van der Waals surface area contributed by atoms with Crippen LogP contribution in [-0.4, -0.2) is 31.1 Å². The van der Waals surface area contributed by atoms with E-state index in [0.29, 0.717) is 12.1 Å². The van der Waals surface area contributed by atoms with E-state index in [1.165, 1.54) is 11.1 Å². The Bertz CT molecular complexity index is 387. The third kappa shape index (κ3) is 5.26. The van der Waals surface area contributed by atoms with Gasteiger partial charge in [0.05, 0.1) is 0 Å². The van der Waals surface area contributed by atoms with E-state index in [2.05, 4.69) is 83.1 Å². The zero-order valence-corrected chi connectivity index (χ0v) is 14.3. The van der Waals surface area contributed by atoms with Crippen LogP contribution in [0, 0.1) is 0 Å². The van der Waals surface area contributed by atoms with Crippen LogP contribution in [0.5, 0.6) is 0 Å². The molecule has 0 fully saturated rings. The fraction of sp³-hybridized carbons (Fsp3) is 0.667. The number of nitrogens with one attached hydrogen (secondary N) is 1. The second kappa shape index (κ2) is 7.24. The lowest BCUT2D eigenvalue weighted by molar-refractivity contribution is 0.270. The standard InChI is InChI=1S/C18H32N2/c1-14(2)20(7)13-12-19-15(3)16-8-10-17(11-9-16)18(4,5)6/h8-11,14-15,19H,12-13H2,1-7H3. The molecule has 0 saturated carbocycles. The van der Waals surface area contributed by atoms with Crippen LogP contribution in [0.2, 0.25) is 0 Å². The number of nitrogens with zero attached hydrogens (tertiary/aromatic N) is 1. The van der Waals surface area contributed by atoms with Gasteiger partial charge in [-0.25, -0.2) is 0 Å². The fourth-order valence-corrected chi connectivity index (χ4v) is 2.11. The molecule has 20 heavy (non-hydrogen) atoms. The lowest BCUT2D eigenvalue weighted by Crippen LogP contribution is -2.34. The van der Waals surface area contributed by atoms with E-state index in [9.17, 15) is 0 Å². The molecular weight excluding hydrogens is 244 g/mol. The Labute approximate surface area is 125 Å². The molecule has 1 aromatic carbocycles. The molecule has 0 aliphatic heterocycles. The Kier molecular flexibility index (Phi) is 6.22. The number of hydrogen-bond donors (Lipinski definition) is 1. The van der Waals surface area contributed by atoms with E-state index >= 15 is 0 Å². The van der Waals surface area contributed by atoms with Gasteiger partial charge in [0.25, 0.3) is 0 Å². The van der Waals surface area contributed by atoms with Crippen molar-refractivity contribution in [2.75, 3.05) is 20.1 Å². The molecule has 1 atom stereocenters. The monoisotopic (exact) mass is 276 g/mol. The first-order valence-electron chi connectivity index (χ1n) is 7.76. The minimum Gasteiger partial charge on any atom is -0.309 e. The van der Waals surface area contributed by atoms with Crippen molar-refractivity contribution in [1.29, 1.82) is 0 Å².